The van der Waals surface area contributed by atoms with E-state index in [9.17, 15) is 14.4 Å². The van der Waals surface area contributed by atoms with Crippen LogP contribution in [0.2, 0.25) is 0 Å². The van der Waals surface area contributed by atoms with Crippen LogP contribution in [0, 0.1) is 18.3 Å². The number of nitrogens with zero attached hydrogens (tertiary/aromatic N) is 3. The summed E-state index contributed by atoms with van der Waals surface area (Å²) in [5, 5.41) is 11.6. The van der Waals surface area contributed by atoms with Crippen molar-refractivity contribution in [2.45, 2.75) is 32.9 Å². The minimum atomic E-state index is -0.848. The predicted molar refractivity (Wildman–Crippen MR) is 109 cm³/mol. The van der Waals surface area contributed by atoms with Gasteiger partial charge in [0, 0.05) is 18.2 Å². The zero-order chi connectivity index (χ0) is 22.5. The quantitative estimate of drug-likeness (QED) is 0.677. The molecule has 2 aromatic rings. The molecule has 0 atom stereocenters. The van der Waals surface area contributed by atoms with Gasteiger partial charge in [0.2, 0.25) is 0 Å². The third kappa shape index (κ3) is 5.42. The number of esters is 1. The number of benzene rings is 1. The van der Waals surface area contributed by atoms with E-state index in [4.69, 9.17) is 15.7 Å². The number of methoxy groups -OCH3 is 1. The Morgan fingerprint density at radius 3 is 2.60 bits per heavy atom. The van der Waals surface area contributed by atoms with E-state index in [1.807, 2.05) is 6.07 Å². The maximum Gasteiger partial charge on any atom is 0.411 e. The number of amides is 1. The number of ether oxygens (including phenoxy) is 2. The molecule has 0 spiro atoms. The highest BCUT2D eigenvalue weighted by Crippen LogP contribution is 2.27. The number of aryl methyl sites for hydroxylation is 1. The maximum atomic E-state index is 12.6. The monoisotopic (exact) mass is 413 g/mol. The normalized spacial score (nSPS) is 10.8. The van der Waals surface area contributed by atoms with E-state index in [2.05, 4.69) is 15.0 Å². The highest BCUT2D eigenvalue weighted by molar-refractivity contribution is 5.91. The fourth-order valence-electron chi connectivity index (χ4n) is 2.56. The van der Waals surface area contributed by atoms with Gasteiger partial charge in [-0.25, -0.2) is 9.78 Å². The molecule has 0 bridgehead atoms. The van der Waals surface area contributed by atoms with E-state index in [1.54, 1.807) is 26.8 Å². The van der Waals surface area contributed by atoms with E-state index in [1.165, 1.54) is 29.9 Å². The smallest absolute Gasteiger partial charge is 0.411 e. The summed E-state index contributed by atoms with van der Waals surface area (Å²) >= 11 is 0. The average Bonchev–Trinajstić information content (AvgIpc) is 2.70. The Morgan fingerprint density at radius 2 is 2.03 bits per heavy atom. The summed E-state index contributed by atoms with van der Waals surface area (Å²) in [4.78, 5) is 40.8. The zero-order valence-electron chi connectivity index (χ0n) is 17.2. The van der Waals surface area contributed by atoms with Crippen LogP contribution in [0.5, 0.6) is 0 Å². The summed E-state index contributed by atoms with van der Waals surface area (Å²) in [6.45, 7) is 4.73. The van der Waals surface area contributed by atoms with Gasteiger partial charge in [0.25, 0.3) is 5.56 Å². The van der Waals surface area contributed by atoms with Crippen molar-refractivity contribution in [2.24, 2.45) is 5.73 Å². The largest absolute Gasteiger partial charge is 0.457 e. The van der Waals surface area contributed by atoms with Crippen molar-refractivity contribution in [3.63, 3.8) is 0 Å². The standard InChI is InChI=1S/C20H23N5O5/c1-12-23-16(8-17(26)25(12)10-18(27)30-20(2,3)11-22)14-6-5-13(9-21)7-15(14)24-19(28)29-4/h5-8H,10-11,22H2,1-4H3,(H,24,28). The first kappa shape index (κ1) is 22.6. The summed E-state index contributed by atoms with van der Waals surface area (Å²) in [5.41, 5.74) is 5.47. The fourth-order valence-corrected chi connectivity index (χ4v) is 2.56. The first-order valence-corrected chi connectivity index (χ1v) is 9.00. The lowest BCUT2D eigenvalue weighted by molar-refractivity contribution is -0.156. The molecule has 1 amide bonds. The Bertz CT molecular complexity index is 1070. The molecule has 1 aromatic heterocycles. The van der Waals surface area contributed by atoms with Crippen molar-refractivity contribution in [3.05, 3.63) is 46.0 Å². The maximum absolute atomic E-state index is 12.6. The molecule has 0 aliphatic heterocycles. The van der Waals surface area contributed by atoms with Gasteiger partial charge in [0.15, 0.2) is 0 Å². The highest BCUT2D eigenvalue weighted by Gasteiger charge is 2.22. The average molecular weight is 413 g/mol. The number of anilines is 1. The minimum absolute atomic E-state index is 0.137. The molecule has 30 heavy (non-hydrogen) atoms. The van der Waals surface area contributed by atoms with Crippen LogP contribution in [-0.2, 0) is 20.8 Å². The Labute approximate surface area is 173 Å². The van der Waals surface area contributed by atoms with Crippen molar-refractivity contribution in [2.75, 3.05) is 19.0 Å². The summed E-state index contributed by atoms with van der Waals surface area (Å²) in [6.07, 6.45) is -0.735. The van der Waals surface area contributed by atoms with Gasteiger partial charge in [0.1, 0.15) is 18.0 Å². The van der Waals surface area contributed by atoms with E-state index in [0.29, 0.717) is 11.1 Å². The molecule has 0 saturated carbocycles. The van der Waals surface area contributed by atoms with Gasteiger partial charge in [-0.1, -0.05) is 0 Å². The van der Waals surface area contributed by atoms with Gasteiger partial charge in [-0.15, -0.1) is 0 Å². The molecule has 0 fully saturated rings. The topological polar surface area (TPSA) is 149 Å². The van der Waals surface area contributed by atoms with Crippen molar-refractivity contribution in [1.29, 1.82) is 5.26 Å². The van der Waals surface area contributed by atoms with Crippen molar-refractivity contribution < 1.29 is 19.1 Å². The van der Waals surface area contributed by atoms with Gasteiger partial charge in [-0.05, 0) is 39.0 Å². The second-order valence-corrected chi connectivity index (χ2v) is 7.04. The van der Waals surface area contributed by atoms with Crippen LogP contribution in [0.4, 0.5) is 10.5 Å². The summed E-state index contributed by atoms with van der Waals surface area (Å²) in [7, 11) is 1.21. The molecular weight excluding hydrogens is 390 g/mol. The van der Waals surface area contributed by atoms with Crippen molar-refractivity contribution >= 4 is 17.7 Å². The van der Waals surface area contributed by atoms with Crippen LogP contribution >= 0.6 is 0 Å². The number of hydrogen-bond donors (Lipinski definition) is 2. The molecule has 10 heteroatoms. The van der Waals surface area contributed by atoms with Crippen molar-refractivity contribution in [1.82, 2.24) is 9.55 Å². The Kier molecular flexibility index (Phi) is 6.92. The molecule has 1 aromatic carbocycles. The highest BCUT2D eigenvalue weighted by atomic mass is 16.6. The lowest BCUT2D eigenvalue weighted by Gasteiger charge is -2.23. The van der Waals surface area contributed by atoms with E-state index in [-0.39, 0.29) is 30.3 Å². The lowest BCUT2D eigenvalue weighted by Crippen LogP contribution is -2.38. The number of nitrogens with two attached hydrogens (primary N) is 1. The van der Waals surface area contributed by atoms with E-state index >= 15 is 0 Å². The molecule has 0 aliphatic carbocycles. The number of rotatable bonds is 6. The summed E-state index contributed by atoms with van der Waals surface area (Å²) < 4.78 is 11.0. The third-order valence-corrected chi connectivity index (χ3v) is 4.21. The summed E-state index contributed by atoms with van der Waals surface area (Å²) in [5.74, 6) is -0.343. The third-order valence-electron chi connectivity index (χ3n) is 4.21. The molecule has 0 aliphatic rings. The minimum Gasteiger partial charge on any atom is -0.457 e. The number of nitriles is 1. The first-order valence-electron chi connectivity index (χ1n) is 9.00. The molecule has 0 unspecified atom stereocenters. The SMILES string of the molecule is COC(=O)Nc1cc(C#N)ccc1-c1cc(=O)n(CC(=O)OC(C)(C)CN)c(C)n1. The fraction of sp³-hybridized carbons (Fsp3) is 0.350. The molecule has 3 N–H and O–H groups in total. The lowest BCUT2D eigenvalue weighted by atomic mass is 10.1. The number of carbonyl (C=O) groups excluding carboxylic acids is 2. The number of carbonyl (C=O) groups is 2. The van der Waals surface area contributed by atoms with Crippen LogP contribution in [0.25, 0.3) is 11.3 Å². The van der Waals surface area contributed by atoms with Crippen LogP contribution in [0.3, 0.4) is 0 Å². The molecule has 0 saturated heterocycles. The van der Waals surface area contributed by atoms with Gasteiger partial charge in [0.05, 0.1) is 30.1 Å². The molecule has 10 nitrogen and oxygen atoms in total. The van der Waals surface area contributed by atoms with Gasteiger partial charge >= 0.3 is 12.1 Å². The van der Waals surface area contributed by atoms with Crippen LogP contribution in [-0.4, -0.2) is 40.9 Å². The van der Waals surface area contributed by atoms with E-state index < -0.39 is 23.2 Å². The molecule has 1 heterocycles. The van der Waals surface area contributed by atoms with Gasteiger partial charge in [-0.3, -0.25) is 19.5 Å². The van der Waals surface area contributed by atoms with Crippen LogP contribution in [0.1, 0.15) is 25.2 Å². The second-order valence-electron chi connectivity index (χ2n) is 7.04. The predicted octanol–water partition coefficient (Wildman–Crippen LogP) is 1.55. The number of aromatic nitrogens is 2. The van der Waals surface area contributed by atoms with Crippen molar-refractivity contribution in [3.8, 4) is 17.3 Å². The Morgan fingerprint density at radius 1 is 1.33 bits per heavy atom. The first-order chi connectivity index (χ1) is 14.1. The van der Waals surface area contributed by atoms with E-state index in [0.717, 1.165) is 0 Å². The van der Waals surface area contributed by atoms with Gasteiger partial charge in [-0.2, -0.15) is 5.26 Å². The number of nitrogens with one attached hydrogen (secondary N) is 1. The second kappa shape index (κ2) is 9.19. The molecular formula is C20H23N5O5. The van der Waals surface area contributed by atoms with Crippen LogP contribution in [0.15, 0.2) is 29.1 Å². The zero-order valence-corrected chi connectivity index (χ0v) is 17.2. The number of hydrogen-bond acceptors (Lipinski definition) is 8. The molecule has 158 valence electrons. The van der Waals surface area contributed by atoms with Crippen LogP contribution < -0.4 is 16.6 Å². The summed E-state index contributed by atoms with van der Waals surface area (Å²) in [6, 6.07) is 7.75. The van der Waals surface area contributed by atoms with Gasteiger partial charge < -0.3 is 15.2 Å². The molecule has 2 rings (SSSR count). The molecule has 0 radical (unpaired) electrons. The Balaban J connectivity index is 2.42. The Hall–Kier alpha value is -3.71.